The number of hydrogen-bond donors (Lipinski definition) is 3. The molecule has 2 bridgehead atoms. The number of ketones is 1. The molecule has 6 nitrogen and oxygen atoms in total. The lowest BCUT2D eigenvalue weighted by Crippen LogP contribution is -2.63. The summed E-state index contributed by atoms with van der Waals surface area (Å²) >= 11 is 0. The van der Waals surface area contributed by atoms with Gasteiger partial charge in [-0.3, -0.25) is 4.79 Å². The fourth-order valence-electron chi connectivity index (χ4n) is 12.4. The van der Waals surface area contributed by atoms with Crippen LogP contribution in [0.5, 0.6) is 0 Å². The van der Waals surface area contributed by atoms with Crippen LogP contribution in [0.3, 0.4) is 0 Å². The first kappa shape index (κ1) is 24.5. The molecule has 6 heteroatoms. The van der Waals surface area contributed by atoms with Crippen molar-refractivity contribution in [3.8, 4) is 0 Å². The predicted octanol–water partition coefficient (Wildman–Crippen LogP) is 3.84. The van der Waals surface area contributed by atoms with Crippen molar-refractivity contribution in [2.45, 2.75) is 129 Å². The lowest BCUT2D eigenvalue weighted by atomic mass is 9.41. The molecule has 7 aliphatic rings. The molecule has 3 N–H and O–H groups in total. The molecule has 36 heavy (non-hydrogen) atoms. The van der Waals surface area contributed by atoms with Gasteiger partial charge in [0.05, 0.1) is 17.8 Å². The number of ether oxygens (including phenoxy) is 2. The van der Waals surface area contributed by atoms with Crippen LogP contribution in [0.25, 0.3) is 0 Å². The molecule has 0 aromatic carbocycles. The zero-order chi connectivity index (χ0) is 26.1. The Labute approximate surface area is 215 Å². The van der Waals surface area contributed by atoms with E-state index >= 15 is 0 Å². The number of aliphatic hydroxyl groups is 3. The van der Waals surface area contributed by atoms with Gasteiger partial charge in [-0.2, -0.15) is 0 Å². The zero-order valence-electron chi connectivity index (χ0n) is 23.1. The molecule has 0 radical (unpaired) electrons. The Morgan fingerprint density at radius 1 is 0.972 bits per heavy atom. The molecule has 7 fully saturated rings. The Morgan fingerprint density at radius 3 is 2.31 bits per heavy atom. The third-order valence-electron chi connectivity index (χ3n) is 14.0. The van der Waals surface area contributed by atoms with Crippen LogP contribution in [0.2, 0.25) is 0 Å². The van der Waals surface area contributed by atoms with Gasteiger partial charge in [0, 0.05) is 23.2 Å². The fourth-order valence-corrected chi connectivity index (χ4v) is 12.4. The van der Waals surface area contributed by atoms with Gasteiger partial charge in [-0.15, -0.1) is 0 Å². The van der Waals surface area contributed by atoms with Gasteiger partial charge in [-0.1, -0.05) is 34.6 Å². The van der Waals surface area contributed by atoms with E-state index in [2.05, 4.69) is 34.6 Å². The fraction of sp³-hybridized carbons (Fsp3) is 0.967. The lowest BCUT2D eigenvalue weighted by molar-refractivity contribution is -0.282. The van der Waals surface area contributed by atoms with Crippen LogP contribution in [0.4, 0.5) is 0 Å². The van der Waals surface area contributed by atoms with Crippen molar-refractivity contribution in [2.24, 2.45) is 50.7 Å². The van der Waals surface area contributed by atoms with E-state index in [1.165, 1.54) is 0 Å². The van der Waals surface area contributed by atoms with Crippen molar-refractivity contribution in [3.05, 3.63) is 0 Å². The average molecular weight is 503 g/mol. The molecule has 202 valence electrons. The summed E-state index contributed by atoms with van der Waals surface area (Å²) in [6, 6.07) is 0. The molecule has 0 aromatic heterocycles. The van der Waals surface area contributed by atoms with E-state index in [1.807, 2.05) is 0 Å². The Kier molecular flexibility index (Phi) is 4.38. The molecule has 13 atom stereocenters. The molecule has 0 unspecified atom stereocenters. The first-order chi connectivity index (χ1) is 16.5. The quantitative estimate of drug-likeness (QED) is 0.504. The minimum Gasteiger partial charge on any atom is -0.393 e. The molecule has 5 aliphatic carbocycles. The van der Waals surface area contributed by atoms with E-state index in [0.717, 1.165) is 38.5 Å². The number of fused-ring (bicyclic) bond motifs is 4. The average Bonchev–Trinajstić information content (AvgIpc) is 3.27. The zero-order valence-corrected chi connectivity index (χ0v) is 23.1. The summed E-state index contributed by atoms with van der Waals surface area (Å²) in [5.41, 5.74) is -2.68. The molecule has 5 saturated carbocycles. The van der Waals surface area contributed by atoms with Gasteiger partial charge in [0.15, 0.2) is 5.79 Å². The van der Waals surface area contributed by atoms with E-state index in [4.69, 9.17) is 9.47 Å². The smallest absolute Gasteiger partial charge is 0.200 e. The standard InChI is InChI=1S/C30H46O6/c1-15-12-16-22(25(4,5)34)36-30(35-16)21(15)27(7)20(32)13-29-14-28(29)11-10-19(31)24(2,3)17(28)8-9-18(29)26(27,6)23(30)33/h15-19,21-23,31,33-34H,8-14H2,1-7H3/t15-,16-,17+,18+,19+,21-,22+,23-,26-,27-,28-,29+,30+/m1/s1. The predicted molar refractivity (Wildman–Crippen MR) is 133 cm³/mol. The Bertz CT molecular complexity index is 1030. The highest BCUT2D eigenvalue weighted by molar-refractivity contribution is 5.89. The maximum atomic E-state index is 14.6. The van der Waals surface area contributed by atoms with E-state index < -0.39 is 34.4 Å². The number of rotatable bonds is 1. The molecule has 2 heterocycles. The molecule has 2 saturated heterocycles. The van der Waals surface area contributed by atoms with Crippen LogP contribution in [0.15, 0.2) is 0 Å². The molecule has 0 aromatic rings. The van der Waals surface area contributed by atoms with Crippen molar-refractivity contribution in [1.29, 1.82) is 0 Å². The van der Waals surface area contributed by atoms with Gasteiger partial charge >= 0.3 is 0 Å². The van der Waals surface area contributed by atoms with Crippen LogP contribution >= 0.6 is 0 Å². The van der Waals surface area contributed by atoms with Crippen molar-refractivity contribution in [3.63, 3.8) is 0 Å². The number of carbonyl (C=O) groups excluding carboxylic acids is 1. The second-order valence-electron chi connectivity index (χ2n) is 15.8. The van der Waals surface area contributed by atoms with E-state index in [-0.39, 0.29) is 52.0 Å². The lowest BCUT2D eigenvalue weighted by Gasteiger charge is -2.62. The molecule has 7 rings (SSSR count). The Hall–Kier alpha value is -0.530. The van der Waals surface area contributed by atoms with Gasteiger partial charge in [0.25, 0.3) is 0 Å². The molecule has 2 aliphatic heterocycles. The highest BCUT2D eigenvalue weighted by Gasteiger charge is 2.90. The monoisotopic (exact) mass is 502 g/mol. The van der Waals surface area contributed by atoms with Gasteiger partial charge in [0.2, 0.25) is 0 Å². The second-order valence-corrected chi connectivity index (χ2v) is 15.8. The highest BCUT2D eigenvalue weighted by Crippen LogP contribution is 2.89. The second kappa shape index (κ2) is 6.43. The summed E-state index contributed by atoms with van der Waals surface area (Å²) in [6.45, 7) is 14.4. The molecular weight excluding hydrogens is 456 g/mol. The van der Waals surface area contributed by atoms with E-state index in [1.54, 1.807) is 13.8 Å². The first-order valence-corrected chi connectivity index (χ1v) is 14.5. The molecular formula is C30H46O6. The first-order valence-electron chi connectivity index (χ1n) is 14.5. The topological polar surface area (TPSA) is 96.2 Å². The van der Waals surface area contributed by atoms with Gasteiger partial charge in [0.1, 0.15) is 18.0 Å². The van der Waals surface area contributed by atoms with Crippen LogP contribution in [-0.4, -0.2) is 56.9 Å². The van der Waals surface area contributed by atoms with Crippen molar-refractivity contribution in [2.75, 3.05) is 0 Å². The summed E-state index contributed by atoms with van der Waals surface area (Å²) in [6.07, 6.45) is 4.09. The summed E-state index contributed by atoms with van der Waals surface area (Å²) in [4.78, 5) is 14.6. The largest absolute Gasteiger partial charge is 0.393 e. The van der Waals surface area contributed by atoms with Crippen molar-refractivity contribution >= 4 is 5.78 Å². The number of hydrogen-bond acceptors (Lipinski definition) is 6. The SMILES string of the molecule is C[C@@H]1C[C@H]2O[C@@]3(O[C@@H]2C(C)(C)O)[C@H](O)[C@@]2(C)[C@@H]4CC[C@H]5C(C)(C)[C@@H](O)CC[C@@]56C[C@@]46CC(=O)[C@]2(C)[C@@H]13. The van der Waals surface area contributed by atoms with E-state index in [0.29, 0.717) is 12.3 Å². The highest BCUT2D eigenvalue weighted by atomic mass is 16.8. The maximum absolute atomic E-state index is 14.6. The summed E-state index contributed by atoms with van der Waals surface area (Å²) < 4.78 is 13.3. The Balaban J connectivity index is 1.36. The number of Topliss-reactive ketones (excluding diaryl/α,β-unsaturated/α-hetero) is 1. The summed E-state index contributed by atoms with van der Waals surface area (Å²) in [7, 11) is 0. The minimum absolute atomic E-state index is 0.0883. The van der Waals surface area contributed by atoms with Gasteiger partial charge < -0.3 is 24.8 Å². The third kappa shape index (κ3) is 2.24. The van der Waals surface area contributed by atoms with Crippen LogP contribution in [-0.2, 0) is 14.3 Å². The van der Waals surface area contributed by atoms with Crippen LogP contribution in [0.1, 0.15) is 93.4 Å². The number of aliphatic hydroxyl groups excluding tert-OH is 2. The van der Waals surface area contributed by atoms with Crippen LogP contribution in [0, 0.1) is 50.7 Å². The van der Waals surface area contributed by atoms with Gasteiger partial charge in [-0.25, -0.2) is 0 Å². The minimum atomic E-state index is -1.25. The van der Waals surface area contributed by atoms with Crippen molar-refractivity contribution < 1.29 is 29.6 Å². The number of carbonyl (C=O) groups is 1. The normalized spacial score (nSPS) is 62.6. The van der Waals surface area contributed by atoms with Gasteiger partial charge in [-0.05, 0) is 86.4 Å². The maximum Gasteiger partial charge on any atom is 0.200 e. The van der Waals surface area contributed by atoms with E-state index in [9.17, 15) is 20.1 Å². The molecule has 0 amide bonds. The molecule has 3 spiro atoms. The van der Waals surface area contributed by atoms with Crippen LogP contribution < -0.4 is 0 Å². The summed E-state index contributed by atoms with van der Waals surface area (Å²) in [5.74, 6) is -0.457. The summed E-state index contributed by atoms with van der Waals surface area (Å²) in [5, 5.41) is 34.3. The Morgan fingerprint density at radius 2 is 1.64 bits per heavy atom. The van der Waals surface area contributed by atoms with Crippen molar-refractivity contribution in [1.82, 2.24) is 0 Å². The third-order valence-corrected chi connectivity index (χ3v) is 14.0.